The Bertz CT molecular complexity index is 168. The summed E-state index contributed by atoms with van der Waals surface area (Å²) in [4.78, 5) is 0. The molecule has 0 aromatic carbocycles. The number of hydrogen-bond acceptors (Lipinski definition) is 2. The maximum Gasteiger partial charge on any atom is 0.221 e. The average molecular weight is 219 g/mol. The zero-order valence-electron chi connectivity index (χ0n) is 9.01. The van der Waals surface area contributed by atoms with Gasteiger partial charge in [0.05, 0.1) is 0 Å². The first kappa shape index (κ1) is 13.8. The van der Waals surface area contributed by atoms with Gasteiger partial charge >= 0.3 is 0 Å². The van der Waals surface area contributed by atoms with Crippen LogP contribution in [-0.2, 0) is 9.47 Å². The molecule has 0 bridgehead atoms. The molecule has 0 spiro atoms. The second-order valence-corrected chi connectivity index (χ2v) is 3.36. The van der Waals surface area contributed by atoms with Crippen molar-refractivity contribution in [2.75, 3.05) is 20.1 Å². The first-order valence-electron chi connectivity index (χ1n) is 4.95. The molecule has 0 radical (unpaired) electrons. The second kappa shape index (κ2) is 10.8. The summed E-state index contributed by atoms with van der Waals surface area (Å²) in [5.74, 6) is 6.69. The van der Waals surface area contributed by atoms with Gasteiger partial charge in [-0.15, -0.1) is 11.6 Å². The maximum atomic E-state index is 5.56. The number of halogens is 1. The number of unbranched alkanes of at least 4 members (excludes halogenated alkanes) is 4. The third kappa shape index (κ3) is 8.37. The highest BCUT2D eigenvalue weighted by Gasteiger charge is 1.95. The average Bonchev–Trinajstić information content (AvgIpc) is 2.22. The van der Waals surface area contributed by atoms with Crippen molar-refractivity contribution in [2.24, 2.45) is 0 Å². The van der Waals surface area contributed by atoms with Crippen molar-refractivity contribution >= 4 is 11.6 Å². The van der Waals surface area contributed by atoms with Gasteiger partial charge in [0.15, 0.2) is 0 Å². The van der Waals surface area contributed by atoms with E-state index in [0.717, 1.165) is 25.1 Å². The van der Waals surface area contributed by atoms with E-state index < -0.39 is 0 Å². The summed E-state index contributed by atoms with van der Waals surface area (Å²) in [5, 5.41) is 0. The molecule has 82 valence electrons. The standard InChI is InChI=1S/C11H19ClO2/c1-13-11(14-2)9-7-5-3-4-6-8-10-12/h11H,3-6,8,10H2,1-2H3. The van der Waals surface area contributed by atoms with Gasteiger partial charge in [-0.3, -0.25) is 0 Å². The summed E-state index contributed by atoms with van der Waals surface area (Å²) in [7, 11) is 3.17. The van der Waals surface area contributed by atoms with E-state index in [0.29, 0.717) is 0 Å². The SMILES string of the molecule is COC(C#CCCCCCCCl)OC. The highest BCUT2D eigenvalue weighted by atomic mass is 35.5. The molecule has 0 N–H and O–H groups in total. The number of methoxy groups -OCH3 is 2. The van der Waals surface area contributed by atoms with E-state index >= 15 is 0 Å². The molecule has 14 heavy (non-hydrogen) atoms. The summed E-state index contributed by atoms with van der Waals surface area (Å²) in [6, 6.07) is 0. The number of rotatable bonds is 7. The van der Waals surface area contributed by atoms with Crippen LogP contribution in [0.4, 0.5) is 0 Å². The quantitative estimate of drug-likeness (QED) is 0.283. The molecule has 0 fully saturated rings. The first-order chi connectivity index (χ1) is 6.85. The molecule has 0 saturated carbocycles. The lowest BCUT2D eigenvalue weighted by Crippen LogP contribution is -2.09. The van der Waals surface area contributed by atoms with Crippen LogP contribution in [0.2, 0.25) is 0 Å². The predicted octanol–water partition coefficient (Wildman–Crippen LogP) is 2.80. The Morgan fingerprint density at radius 1 is 1.07 bits per heavy atom. The fraction of sp³-hybridized carbons (Fsp3) is 0.818. The minimum Gasteiger partial charge on any atom is -0.345 e. The van der Waals surface area contributed by atoms with Gasteiger partial charge in [0.1, 0.15) is 0 Å². The Morgan fingerprint density at radius 2 is 1.71 bits per heavy atom. The second-order valence-electron chi connectivity index (χ2n) is 2.98. The van der Waals surface area contributed by atoms with E-state index in [2.05, 4.69) is 11.8 Å². The molecule has 0 heterocycles. The Hall–Kier alpha value is -0.230. The Kier molecular flexibility index (Phi) is 10.7. The van der Waals surface area contributed by atoms with Crippen LogP contribution in [0, 0.1) is 11.8 Å². The first-order valence-corrected chi connectivity index (χ1v) is 5.48. The van der Waals surface area contributed by atoms with Crippen molar-refractivity contribution in [1.29, 1.82) is 0 Å². The lowest BCUT2D eigenvalue weighted by atomic mass is 10.1. The minimum atomic E-state index is -0.377. The van der Waals surface area contributed by atoms with Gasteiger partial charge in [0.2, 0.25) is 6.29 Å². The largest absolute Gasteiger partial charge is 0.345 e. The van der Waals surface area contributed by atoms with Gasteiger partial charge < -0.3 is 9.47 Å². The summed E-state index contributed by atoms with van der Waals surface area (Å²) in [5.41, 5.74) is 0. The predicted molar refractivity (Wildman–Crippen MR) is 59.4 cm³/mol. The maximum absolute atomic E-state index is 5.56. The van der Waals surface area contributed by atoms with E-state index in [-0.39, 0.29) is 6.29 Å². The molecule has 0 amide bonds. The highest BCUT2D eigenvalue weighted by molar-refractivity contribution is 6.17. The lowest BCUT2D eigenvalue weighted by molar-refractivity contribution is -0.0595. The van der Waals surface area contributed by atoms with Crippen LogP contribution in [-0.4, -0.2) is 26.4 Å². The number of ether oxygens (including phenoxy) is 2. The molecule has 2 nitrogen and oxygen atoms in total. The topological polar surface area (TPSA) is 18.5 Å². The summed E-state index contributed by atoms with van der Waals surface area (Å²) < 4.78 is 9.86. The molecule has 0 aromatic heterocycles. The summed E-state index contributed by atoms with van der Waals surface area (Å²) in [6.07, 6.45) is 5.16. The molecule has 0 saturated heterocycles. The van der Waals surface area contributed by atoms with Crippen LogP contribution in [0.5, 0.6) is 0 Å². The molecule has 0 unspecified atom stereocenters. The van der Waals surface area contributed by atoms with Crippen molar-refractivity contribution in [1.82, 2.24) is 0 Å². The third-order valence-electron chi connectivity index (χ3n) is 1.83. The van der Waals surface area contributed by atoms with Gasteiger partial charge in [0.25, 0.3) is 0 Å². The summed E-state index contributed by atoms with van der Waals surface area (Å²) >= 11 is 5.56. The number of alkyl halides is 1. The van der Waals surface area contributed by atoms with Crippen LogP contribution in [0.15, 0.2) is 0 Å². The molecule has 0 aliphatic carbocycles. The van der Waals surface area contributed by atoms with E-state index in [9.17, 15) is 0 Å². The molecule has 3 heteroatoms. The summed E-state index contributed by atoms with van der Waals surface area (Å²) in [6.45, 7) is 0. The number of hydrogen-bond donors (Lipinski definition) is 0. The normalized spacial score (nSPS) is 10.0. The van der Waals surface area contributed by atoms with E-state index in [4.69, 9.17) is 21.1 Å². The van der Waals surface area contributed by atoms with Crippen molar-refractivity contribution in [2.45, 2.75) is 38.4 Å². The molecular weight excluding hydrogens is 200 g/mol. The molecular formula is C11H19ClO2. The van der Waals surface area contributed by atoms with E-state index in [1.807, 2.05) is 0 Å². The Labute approximate surface area is 91.9 Å². The fourth-order valence-corrected chi connectivity index (χ4v) is 1.22. The molecule has 0 aromatic rings. The van der Waals surface area contributed by atoms with Gasteiger partial charge in [-0.25, -0.2) is 0 Å². The molecule has 0 aliphatic heterocycles. The third-order valence-corrected chi connectivity index (χ3v) is 2.10. The van der Waals surface area contributed by atoms with Crippen LogP contribution >= 0.6 is 11.6 Å². The lowest BCUT2D eigenvalue weighted by Gasteiger charge is -2.03. The van der Waals surface area contributed by atoms with Gasteiger partial charge in [0, 0.05) is 26.5 Å². The zero-order valence-corrected chi connectivity index (χ0v) is 9.77. The Balaban J connectivity index is 3.32. The van der Waals surface area contributed by atoms with Gasteiger partial charge in [-0.2, -0.15) is 0 Å². The van der Waals surface area contributed by atoms with E-state index in [1.54, 1.807) is 14.2 Å². The highest BCUT2D eigenvalue weighted by Crippen LogP contribution is 2.03. The minimum absolute atomic E-state index is 0.377. The fourth-order valence-electron chi connectivity index (χ4n) is 1.03. The Morgan fingerprint density at radius 3 is 2.29 bits per heavy atom. The van der Waals surface area contributed by atoms with Crippen molar-refractivity contribution in [3.05, 3.63) is 0 Å². The van der Waals surface area contributed by atoms with E-state index in [1.165, 1.54) is 12.8 Å². The molecule has 0 atom stereocenters. The van der Waals surface area contributed by atoms with Crippen LogP contribution in [0.1, 0.15) is 32.1 Å². The monoisotopic (exact) mass is 218 g/mol. The van der Waals surface area contributed by atoms with Crippen molar-refractivity contribution in [3.63, 3.8) is 0 Å². The van der Waals surface area contributed by atoms with Gasteiger partial charge in [-0.1, -0.05) is 18.8 Å². The zero-order chi connectivity index (χ0) is 10.6. The smallest absolute Gasteiger partial charge is 0.221 e. The van der Waals surface area contributed by atoms with Crippen LogP contribution in [0.25, 0.3) is 0 Å². The van der Waals surface area contributed by atoms with Crippen molar-refractivity contribution < 1.29 is 9.47 Å². The van der Waals surface area contributed by atoms with Crippen LogP contribution < -0.4 is 0 Å². The van der Waals surface area contributed by atoms with Crippen molar-refractivity contribution in [3.8, 4) is 11.8 Å². The molecule has 0 rings (SSSR count). The molecule has 0 aliphatic rings. The van der Waals surface area contributed by atoms with Gasteiger partial charge in [-0.05, 0) is 18.8 Å². The van der Waals surface area contributed by atoms with Crippen LogP contribution in [0.3, 0.4) is 0 Å².